The summed E-state index contributed by atoms with van der Waals surface area (Å²) in [6.45, 7) is 12.6. The predicted octanol–water partition coefficient (Wildman–Crippen LogP) is 3.45. The van der Waals surface area contributed by atoms with Gasteiger partial charge in [0.25, 0.3) is 0 Å². The van der Waals surface area contributed by atoms with E-state index in [0.29, 0.717) is 6.04 Å². The molecule has 0 aliphatic heterocycles. The van der Waals surface area contributed by atoms with E-state index in [1.165, 1.54) is 25.8 Å². The van der Waals surface area contributed by atoms with Crippen molar-refractivity contribution in [3.05, 3.63) is 0 Å². The molecule has 13 heavy (non-hydrogen) atoms. The fourth-order valence-electron chi connectivity index (χ4n) is 1.74. The maximum atomic E-state index is 3.49. The van der Waals surface area contributed by atoms with Gasteiger partial charge < -0.3 is 5.32 Å². The molecule has 0 spiro atoms. The number of hydrogen-bond donors (Lipinski definition) is 1. The first-order valence-electron chi connectivity index (χ1n) is 5.81. The second kappa shape index (κ2) is 7.37. The fourth-order valence-corrected chi connectivity index (χ4v) is 1.74. The zero-order chi connectivity index (χ0) is 10.3. The van der Waals surface area contributed by atoms with Crippen molar-refractivity contribution in [1.29, 1.82) is 0 Å². The summed E-state index contributed by atoms with van der Waals surface area (Å²) in [6, 6.07) is 0.634. The highest BCUT2D eigenvalue weighted by molar-refractivity contribution is 4.65. The Morgan fingerprint density at radius 2 is 1.62 bits per heavy atom. The number of rotatable bonds is 7. The minimum Gasteiger partial charge on any atom is -0.315 e. The van der Waals surface area contributed by atoms with Crippen LogP contribution in [0.2, 0.25) is 0 Å². The zero-order valence-electron chi connectivity index (χ0n) is 10.1. The van der Waals surface area contributed by atoms with Gasteiger partial charge in [-0.15, -0.1) is 0 Å². The molecule has 1 unspecified atom stereocenters. The van der Waals surface area contributed by atoms with Gasteiger partial charge in [-0.1, -0.05) is 47.5 Å². The van der Waals surface area contributed by atoms with Gasteiger partial charge in [0.2, 0.25) is 0 Å². The Morgan fingerprint density at radius 3 is 2.00 bits per heavy atom. The summed E-state index contributed by atoms with van der Waals surface area (Å²) in [5.41, 5.74) is 0. The Kier molecular flexibility index (Phi) is 7.35. The minimum atomic E-state index is 0.634. The van der Waals surface area contributed by atoms with Crippen molar-refractivity contribution in [3.8, 4) is 0 Å². The molecule has 0 radical (unpaired) electrons. The van der Waals surface area contributed by atoms with Gasteiger partial charge in [0.05, 0.1) is 0 Å². The first kappa shape index (κ1) is 13.0. The van der Waals surface area contributed by atoms with Crippen LogP contribution in [0.4, 0.5) is 0 Å². The van der Waals surface area contributed by atoms with Crippen LogP contribution in [0.25, 0.3) is 0 Å². The summed E-state index contributed by atoms with van der Waals surface area (Å²) >= 11 is 0. The Bertz CT molecular complexity index is 108. The Labute approximate surface area is 84.3 Å². The van der Waals surface area contributed by atoms with Gasteiger partial charge in [0.15, 0.2) is 0 Å². The van der Waals surface area contributed by atoms with E-state index < -0.39 is 0 Å². The van der Waals surface area contributed by atoms with Crippen LogP contribution in [0.1, 0.15) is 53.9 Å². The topological polar surface area (TPSA) is 12.0 Å². The molecule has 0 saturated carbocycles. The molecule has 0 saturated heterocycles. The fraction of sp³-hybridized carbons (Fsp3) is 1.00. The van der Waals surface area contributed by atoms with Crippen LogP contribution < -0.4 is 5.32 Å². The van der Waals surface area contributed by atoms with Crippen LogP contribution in [0, 0.1) is 11.8 Å². The van der Waals surface area contributed by atoms with Gasteiger partial charge in [-0.05, 0) is 24.8 Å². The molecule has 0 aromatic carbocycles. The van der Waals surface area contributed by atoms with Crippen LogP contribution in [0.15, 0.2) is 0 Å². The highest BCUT2D eigenvalue weighted by Crippen LogP contribution is 2.20. The molecular weight excluding hydrogens is 158 g/mol. The molecule has 0 amide bonds. The zero-order valence-corrected chi connectivity index (χ0v) is 10.1. The first-order valence-corrected chi connectivity index (χ1v) is 5.81. The lowest BCUT2D eigenvalue weighted by atomic mass is 9.88. The summed E-state index contributed by atoms with van der Waals surface area (Å²) in [6.07, 6.45) is 4.05. The van der Waals surface area contributed by atoms with Gasteiger partial charge in [0.1, 0.15) is 0 Å². The molecule has 0 aromatic heterocycles. The van der Waals surface area contributed by atoms with Crippen LogP contribution in [0.3, 0.4) is 0 Å². The third kappa shape index (κ3) is 7.06. The largest absolute Gasteiger partial charge is 0.315 e. The van der Waals surface area contributed by atoms with Gasteiger partial charge in [-0.2, -0.15) is 0 Å². The van der Waals surface area contributed by atoms with Crippen molar-refractivity contribution in [2.24, 2.45) is 11.8 Å². The van der Waals surface area contributed by atoms with Crippen LogP contribution in [0.5, 0.6) is 0 Å². The van der Waals surface area contributed by atoms with Crippen molar-refractivity contribution >= 4 is 0 Å². The first-order chi connectivity index (χ1) is 6.07. The second-order valence-electron chi connectivity index (χ2n) is 4.69. The molecule has 1 atom stereocenters. The van der Waals surface area contributed by atoms with Crippen molar-refractivity contribution in [2.75, 3.05) is 6.54 Å². The minimum absolute atomic E-state index is 0.634. The summed E-state index contributed by atoms with van der Waals surface area (Å²) in [7, 11) is 0. The average molecular weight is 185 g/mol. The van der Waals surface area contributed by atoms with E-state index >= 15 is 0 Å². The second-order valence-corrected chi connectivity index (χ2v) is 4.69. The van der Waals surface area contributed by atoms with Crippen LogP contribution >= 0.6 is 0 Å². The molecule has 1 N–H and O–H groups in total. The van der Waals surface area contributed by atoms with Crippen molar-refractivity contribution in [2.45, 2.75) is 59.9 Å². The van der Waals surface area contributed by atoms with Crippen LogP contribution in [-0.4, -0.2) is 12.6 Å². The normalized spacial score (nSPS) is 14.1. The van der Waals surface area contributed by atoms with E-state index in [1.54, 1.807) is 0 Å². The highest BCUT2D eigenvalue weighted by atomic mass is 14.9. The monoisotopic (exact) mass is 185 g/mol. The smallest absolute Gasteiger partial charge is 0.00103 e. The highest BCUT2D eigenvalue weighted by Gasteiger charge is 2.11. The summed E-state index contributed by atoms with van der Waals surface area (Å²) in [5.74, 6) is 1.75. The van der Waals surface area contributed by atoms with Gasteiger partial charge in [-0.3, -0.25) is 0 Å². The van der Waals surface area contributed by atoms with Crippen LogP contribution in [-0.2, 0) is 0 Å². The summed E-state index contributed by atoms with van der Waals surface area (Å²) in [5, 5.41) is 3.49. The molecule has 0 rings (SSSR count). The van der Waals surface area contributed by atoms with Crippen molar-refractivity contribution in [3.63, 3.8) is 0 Å². The van der Waals surface area contributed by atoms with E-state index in [2.05, 4.69) is 39.9 Å². The third-order valence-electron chi connectivity index (χ3n) is 2.67. The summed E-state index contributed by atoms with van der Waals surface area (Å²) < 4.78 is 0. The molecule has 0 bridgehead atoms. The quantitative estimate of drug-likeness (QED) is 0.640. The molecule has 80 valence electrons. The lowest BCUT2D eigenvalue weighted by Crippen LogP contribution is -2.26. The van der Waals surface area contributed by atoms with E-state index in [0.717, 1.165) is 11.8 Å². The molecule has 0 aliphatic rings. The molecule has 0 aliphatic carbocycles. The molecule has 1 heteroatoms. The number of hydrogen-bond acceptors (Lipinski definition) is 1. The lowest BCUT2D eigenvalue weighted by molar-refractivity contribution is 0.324. The predicted molar refractivity (Wildman–Crippen MR) is 61.0 cm³/mol. The molecule has 0 fully saturated rings. The third-order valence-corrected chi connectivity index (χ3v) is 2.67. The molecular formula is C12H27N. The molecule has 0 aromatic rings. The van der Waals surface area contributed by atoms with E-state index in [4.69, 9.17) is 0 Å². The van der Waals surface area contributed by atoms with Gasteiger partial charge in [-0.25, -0.2) is 0 Å². The van der Waals surface area contributed by atoms with Gasteiger partial charge in [0, 0.05) is 6.04 Å². The van der Waals surface area contributed by atoms with E-state index in [9.17, 15) is 0 Å². The Balaban J connectivity index is 3.57. The Hall–Kier alpha value is -0.0400. The maximum absolute atomic E-state index is 3.49. The maximum Gasteiger partial charge on any atom is 0.00103 e. The summed E-state index contributed by atoms with van der Waals surface area (Å²) in [4.78, 5) is 0. The SMILES string of the molecule is CCCC(CCNC(C)C)C(C)C. The van der Waals surface area contributed by atoms with E-state index in [1.807, 2.05) is 0 Å². The lowest BCUT2D eigenvalue weighted by Gasteiger charge is -2.21. The van der Waals surface area contributed by atoms with Crippen molar-refractivity contribution in [1.82, 2.24) is 5.32 Å². The Morgan fingerprint density at radius 1 is 1.00 bits per heavy atom. The number of nitrogens with one attached hydrogen (secondary N) is 1. The van der Waals surface area contributed by atoms with E-state index in [-0.39, 0.29) is 0 Å². The molecule has 1 nitrogen and oxygen atoms in total. The standard InChI is InChI=1S/C12H27N/c1-6-7-12(10(2)3)8-9-13-11(4)5/h10-13H,6-9H2,1-5H3. The van der Waals surface area contributed by atoms with Gasteiger partial charge >= 0.3 is 0 Å². The average Bonchev–Trinajstić information content (AvgIpc) is 2.02. The molecule has 0 heterocycles. The van der Waals surface area contributed by atoms with Crippen molar-refractivity contribution < 1.29 is 0 Å².